The highest BCUT2D eigenvalue weighted by Gasteiger charge is 2.45. The number of rotatable bonds is 8. The molecule has 0 spiro atoms. The molecule has 1 aliphatic rings. The van der Waals surface area contributed by atoms with Crippen molar-refractivity contribution in [3.05, 3.63) is 45.6 Å². The minimum Gasteiger partial charge on any atom is -0.493 e. The Morgan fingerprint density at radius 1 is 1.20 bits per heavy atom. The number of hydrogen-bond acceptors (Lipinski definition) is 5. The molecule has 0 saturated heterocycles. The average Bonchev–Trinajstić information content (AvgIpc) is 3.29. The van der Waals surface area contributed by atoms with Crippen molar-refractivity contribution in [2.45, 2.75) is 38.6 Å². The molecule has 2 atom stereocenters. The van der Waals surface area contributed by atoms with E-state index in [0.29, 0.717) is 35.7 Å². The molecular weight excluding hydrogens is 400 g/mol. The van der Waals surface area contributed by atoms with Crippen molar-refractivity contribution in [3.8, 4) is 11.5 Å². The van der Waals surface area contributed by atoms with Gasteiger partial charge in [0.15, 0.2) is 11.5 Å². The van der Waals surface area contributed by atoms with Crippen LogP contribution in [0.15, 0.2) is 29.6 Å². The van der Waals surface area contributed by atoms with Crippen LogP contribution >= 0.6 is 11.3 Å². The third kappa shape index (κ3) is 3.90. The monoisotopic (exact) mass is 430 g/mol. The van der Waals surface area contributed by atoms with E-state index in [1.165, 1.54) is 0 Å². The van der Waals surface area contributed by atoms with E-state index in [4.69, 9.17) is 9.47 Å². The van der Waals surface area contributed by atoms with E-state index in [9.17, 15) is 9.59 Å². The lowest BCUT2D eigenvalue weighted by atomic mass is 9.81. The van der Waals surface area contributed by atoms with Crippen molar-refractivity contribution in [1.82, 2.24) is 9.80 Å². The summed E-state index contributed by atoms with van der Waals surface area (Å²) in [5, 5.41) is 1.98. The molecule has 0 unspecified atom stereocenters. The molecule has 0 N–H and O–H groups in total. The third-order valence-electron chi connectivity index (χ3n) is 5.75. The Bertz CT molecular complexity index is 897. The molecule has 6 nitrogen and oxygen atoms in total. The number of ether oxygens (including phenoxy) is 2. The van der Waals surface area contributed by atoms with E-state index in [0.717, 1.165) is 17.7 Å². The zero-order valence-electron chi connectivity index (χ0n) is 18.3. The minimum atomic E-state index is -0.502. The lowest BCUT2D eigenvalue weighted by Gasteiger charge is -2.41. The van der Waals surface area contributed by atoms with Gasteiger partial charge in [-0.2, -0.15) is 0 Å². The zero-order valence-corrected chi connectivity index (χ0v) is 19.1. The number of amides is 2. The van der Waals surface area contributed by atoms with E-state index in [1.54, 1.807) is 49.6 Å². The molecule has 0 saturated carbocycles. The molecule has 1 aromatic heterocycles. The van der Waals surface area contributed by atoms with Gasteiger partial charge in [-0.25, -0.2) is 0 Å². The van der Waals surface area contributed by atoms with Crippen molar-refractivity contribution in [3.63, 3.8) is 0 Å². The quantitative estimate of drug-likeness (QED) is 0.626. The van der Waals surface area contributed by atoms with Gasteiger partial charge >= 0.3 is 0 Å². The molecule has 2 heterocycles. The summed E-state index contributed by atoms with van der Waals surface area (Å²) in [6.07, 6.45) is 1.96. The highest BCUT2D eigenvalue weighted by atomic mass is 32.1. The van der Waals surface area contributed by atoms with Crippen LogP contribution in [0.5, 0.6) is 11.5 Å². The maximum atomic E-state index is 13.8. The summed E-state index contributed by atoms with van der Waals surface area (Å²) >= 11 is 1.57. The molecule has 2 amide bonds. The summed E-state index contributed by atoms with van der Waals surface area (Å²) < 4.78 is 10.9. The van der Waals surface area contributed by atoms with Gasteiger partial charge < -0.3 is 19.3 Å². The van der Waals surface area contributed by atoms with Crippen molar-refractivity contribution in [2.75, 3.05) is 34.4 Å². The van der Waals surface area contributed by atoms with E-state index in [-0.39, 0.29) is 17.9 Å². The SMILES string of the molecule is CCCCN(CC)C(=O)[C@H]1c2cc(OC)c(OC)cc2C(=O)N(C)[C@H]1c1cccs1. The Kier molecular flexibility index (Phi) is 7.02. The third-order valence-corrected chi connectivity index (χ3v) is 6.69. The van der Waals surface area contributed by atoms with Crippen LogP contribution in [-0.2, 0) is 4.79 Å². The van der Waals surface area contributed by atoms with Gasteiger partial charge in [0.1, 0.15) is 0 Å². The second-order valence-corrected chi connectivity index (χ2v) is 8.40. The molecule has 3 rings (SSSR count). The van der Waals surface area contributed by atoms with Gasteiger partial charge in [0, 0.05) is 30.6 Å². The fraction of sp³-hybridized carbons (Fsp3) is 0.478. The van der Waals surface area contributed by atoms with Crippen LogP contribution in [0, 0.1) is 0 Å². The number of nitrogens with zero attached hydrogens (tertiary/aromatic N) is 2. The first kappa shape index (κ1) is 22.2. The van der Waals surface area contributed by atoms with Gasteiger partial charge in [0.25, 0.3) is 5.91 Å². The number of carbonyl (C=O) groups is 2. The Morgan fingerprint density at radius 3 is 2.47 bits per heavy atom. The van der Waals surface area contributed by atoms with Gasteiger partial charge in [0.2, 0.25) is 5.91 Å². The molecule has 0 fully saturated rings. The first-order valence-corrected chi connectivity index (χ1v) is 11.2. The Balaban J connectivity index is 2.19. The Labute approximate surface area is 182 Å². The molecule has 1 aromatic carbocycles. The highest BCUT2D eigenvalue weighted by Crippen LogP contribution is 2.47. The smallest absolute Gasteiger partial charge is 0.254 e. The van der Waals surface area contributed by atoms with Gasteiger partial charge in [-0.05, 0) is 42.5 Å². The summed E-state index contributed by atoms with van der Waals surface area (Å²) in [4.78, 5) is 31.7. The number of thiophene rings is 1. The molecule has 0 bridgehead atoms. The zero-order chi connectivity index (χ0) is 21.8. The van der Waals surface area contributed by atoms with Gasteiger partial charge in [0.05, 0.1) is 26.2 Å². The Hall–Kier alpha value is -2.54. The molecular formula is C23H30N2O4S. The van der Waals surface area contributed by atoms with E-state index < -0.39 is 5.92 Å². The van der Waals surface area contributed by atoms with Crippen LogP contribution in [0.3, 0.4) is 0 Å². The number of carbonyl (C=O) groups excluding carboxylic acids is 2. The lowest BCUT2D eigenvalue weighted by Crippen LogP contribution is -2.47. The van der Waals surface area contributed by atoms with Gasteiger partial charge in [-0.1, -0.05) is 19.4 Å². The van der Waals surface area contributed by atoms with Crippen LogP contribution < -0.4 is 9.47 Å². The highest BCUT2D eigenvalue weighted by molar-refractivity contribution is 7.10. The maximum Gasteiger partial charge on any atom is 0.254 e. The summed E-state index contributed by atoms with van der Waals surface area (Å²) in [7, 11) is 4.88. The molecule has 162 valence electrons. The predicted octanol–water partition coefficient (Wildman–Crippen LogP) is 4.32. The normalized spacial score (nSPS) is 18.2. The molecule has 2 aromatic rings. The van der Waals surface area contributed by atoms with Crippen molar-refractivity contribution in [1.29, 1.82) is 0 Å². The summed E-state index contributed by atoms with van der Waals surface area (Å²) in [6, 6.07) is 7.09. The van der Waals surface area contributed by atoms with Crippen molar-refractivity contribution < 1.29 is 19.1 Å². The van der Waals surface area contributed by atoms with Crippen LogP contribution in [0.2, 0.25) is 0 Å². The van der Waals surface area contributed by atoms with Crippen LogP contribution in [0.1, 0.15) is 59.4 Å². The molecule has 7 heteroatoms. The predicted molar refractivity (Wildman–Crippen MR) is 119 cm³/mol. The van der Waals surface area contributed by atoms with E-state index in [2.05, 4.69) is 6.92 Å². The molecule has 0 aliphatic carbocycles. The van der Waals surface area contributed by atoms with E-state index in [1.807, 2.05) is 29.3 Å². The summed E-state index contributed by atoms with van der Waals surface area (Å²) in [6.45, 7) is 5.46. The lowest BCUT2D eigenvalue weighted by molar-refractivity contribution is -0.134. The van der Waals surface area contributed by atoms with Crippen LogP contribution in [0.25, 0.3) is 0 Å². The molecule has 30 heavy (non-hydrogen) atoms. The Morgan fingerprint density at radius 2 is 1.90 bits per heavy atom. The van der Waals surface area contributed by atoms with Gasteiger partial charge in [-0.15, -0.1) is 11.3 Å². The number of benzene rings is 1. The summed E-state index contributed by atoms with van der Waals surface area (Å²) in [5.74, 6) is 0.421. The number of unbranched alkanes of at least 4 members (excludes halogenated alkanes) is 1. The second-order valence-electron chi connectivity index (χ2n) is 7.42. The minimum absolute atomic E-state index is 0.0390. The topological polar surface area (TPSA) is 59.1 Å². The molecule has 0 radical (unpaired) electrons. The molecule has 1 aliphatic heterocycles. The number of likely N-dealkylation sites (N-methyl/N-ethyl adjacent to an activating group) is 2. The number of methoxy groups -OCH3 is 2. The second kappa shape index (κ2) is 9.51. The summed E-state index contributed by atoms with van der Waals surface area (Å²) in [5.41, 5.74) is 1.20. The maximum absolute atomic E-state index is 13.8. The number of hydrogen-bond donors (Lipinski definition) is 0. The average molecular weight is 431 g/mol. The van der Waals surface area contributed by atoms with Crippen molar-refractivity contribution >= 4 is 23.2 Å². The van der Waals surface area contributed by atoms with Crippen LogP contribution in [-0.4, -0.2) is 56.0 Å². The largest absolute Gasteiger partial charge is 0.493 e. The first-order valence-electron chi connectivity index (χ1n) is 10.3. The van der Waals surface area contributed by atoms with Crippen LogP contribution in [0.4, 0.5) is 0 Å². The standard InChI is InChI=1S/C23H30N2O4S/c1-6-8-11-25(7-2)23(27)20-15-13-17(28-4)18(29-5)14-16(15)22(26)24(3)21(20)19-10-9-12-30-19/h9-10,12-14,20-21H,6-8,11H2,1-5H3/t20-,21-/m0/s1. The van der Waals surface area contributed by atoms with Gasteiger partial charge in [-0.3, -0.25) is 9.59 Å². The first-order chi connectivity index (χ1) is 14.5. The fourth-order valence-electron chi connectivity index (χ4n) is 4.10. The van der Waals surface area contributed by atoms with Crippen molar-refractivity contribution in [2.24, 2.45) is 0 Å². The fourth-order valence-corrected chi connectivity index (χ4v) is 5.00. The number of fused-ring (bicyclic) bond motifs is 1. The van der Waals surface area contributed by atoms with E-state index >= 15 is 0 Å².